The highest BCUT2D eigenvalue weighted by molar-refractivity contribution is 9.10. The van der Waals surface area contributed by atoms with E-state index in [0.717, 1.165) is 26.9 Å². The van der Waals surface area contributed by atoms with Crippen molar-refractivity contribution >= 4 is 33.3 Å². The maximum atomic E-state index is 13.1. The van der Waals surface area contributed by atoms with Gasteiger partial charge < -0.3 is 5.32 Å². The molecule has 0 unspecified atom stereocenters. The molecule has 4 rings (SSSR count). The molecule has 0 saturated carbocycles. The quantitative estimate of drug-likeness (QED) is 0.646. The average molecular weight is 408 g/mol. The van der Waals surface area contributed by atoms with E-state index in [1.165, 1.54) is 0 Å². The molecule has 3 aromatic rings. The summed E-state index contributed by atoms with van der Waals surface area (Å²) in [6, 6.07) is 17.7. The van der Waals surface area contributed by atoms with Gasteiger partial charge in [0.1, 0.15) is 12.0 Å². The summed E-state index contributed by atoms with van der Waals surface area (Å²) in [5.74, 6) is 0.613. The standard InChI is InChI=1S/C21H18BrN3O/c1-13-9-10-23-19(11-13)25-20(16-5-3-4-6-17(16)21(25)26)24-15-7-8-18(22)14(2)12-15/h3-12,20,24H,1-2H3/t20-/m0/s1. The summed E-state index contributed by atoms with van der Waals surface area (Å²) in [7, 11) is 0. The molecule has 1 aliphatic heterocycles. The SMILES string of the molecule is Cc1ccnc(N2C(=O)c3ccccc3[C@H]2Nc2ccc(Br)c(C)c2)c1. The van der Waals surface area contributed by atoms with Crippen molar-refractivity contribution in [3.8, 4) is 0 Å². The Morgan fingerprint density at radius 2 is 1.88 bits per heavy atom. The summed E-state index contributed by atoms with van der Waals surface area (Å²) >= 11 is 3.53. The zero-order valence-corrected chi connectivity index (χ0v) is 16.1. The molecule has 4 nitrogen and oxygen atoms in total. The van der Waals surface area contributed by atoms with Crippen molar-refractivity contribution in [3.05, 3.63) is 87.5 Å². The molecule has 0 aliphatic carbocycles. The number of amides is 1. The van der Waals surface area contributed by atoms with Crippen molar-refractivity contribution < 1.29 is 4.79 Å². The molecule has 0 fully saturated rings. The van der Waals surface area contributed by atoms with Gasteiger partial charge >= 0.3 is 0 Å². The molecule has 2 aromatic carbocycles. The first-order valence-corrected chi connectivity index (χ1v) is 9.22. The molecule has 0 bridgehead atoms. The number of aryl methyl sites for hydroxylation is 2. The lowest BCUT2D eigenvalue weighted by Crippen LogP contribution is -2.33. The van der Waals surface area contributed by atoms with Crippen LogP contribution in [0.1, 0.15) is 33.2 Å². The number of rotatable bonds is 3. The molecule has 1 N–H and O–H groups in total. The predicted octanol–water partition coefficient (Wildman–Crippen LogP) is 5.23. The molecule has 130 valence electrons. The van der Waals surface area contributed by atoms with E-state index in [0.29, 0.717) is 11.4 Å². The van der Waals surface area contributed by atoms with Crippen LogP contribution in [-0.4, -0.2) is 10.9 Å². The Morgan fingerprint density at radius 1 is 1.08 bits per heavy atom. The number of benzene rings is 2. The van der Waals surface area contributed by atoms with Gasteiger partial charge in [-0.2, -0.15) is 0 Å². The van der Waals surface area contributed by atoms with E-state index in [1.54, 1.807) is 11.1 Å². The number of nitrogens with one attached hydrogen (secondary N) is 1. The van der Waals surface area contributed by atoms with Crippen LogP contribution >= 0.6 is 15.9 Å². The lowest BCUT2D eigenvalue weighted by atomic mass is 10.1. The van der Waals surface area contributed by atoms with Crippen molar-refractivity contribution in [2.24, 2.45) is 0 Å². The Hall–Kier alpha value is -2.66. The second kappa shape index (κ2) is 6.57. The Bertz CT molecular complexity index is 1000. The summed E-state index contributed by atoms with van der Waals surface area (Å²) in [6.45, 7) is 4.04. The van der Waals surface area contributed by atoms with Gasteiger partial charge in [-0.05, 0) is 61.4 Å². The van der Waals surface area contributed by atoms with E-state index in [-0.39, 0.29) is 12.1 Å². The molecule has 1 amide bonds. The fraction of sp³-hybridized carbons (Fsp3) is 0.143. The Labute approximate surface area is 161 Å². The number of hydrogen-bond donors (Lipinski definition) is 1. The maximum absolute atomic E-state index is 13.1. The fourth-order valence-corrected chi connectivity index (χ4v) is 3.49. The van der Waals surface area contributed by atoms with Gasteiger partial charge in [-0.15, -0.1) is 0 Å². The Kier molecular flexibility index (Phi) is 4.24. The molecule has 2 heterocycles. The van der Waals surface area contributed by atoms with Gasteiger partial charge in [0.2, 0.25) is 0 Å². The van der Waals surface area contributed by atoms with Crippen molar-refractivity contribution in [1.82, 2.24) is 4.98 Å². The molecule has 5 heteroatoms. The van der Waals surface area contributed by atoms with Crippen molar-refractivity contribution in [3.63, 3.8) is 0 Å². The lowest BCUT2D eigenvalue weighted by molar-refractivity contribution is 0.0992. The smallest absolute Gasteiger partial charge is 0.261 e. The molecule has 26 heavy (non-hydrogen) atoms. The summed E-state index contributed by atoms with van der Waals surface area (Å²) in [5, 5.41) is 3.51. The van der Waals surface area contributed by atoms with E-state index >= 15 is 0 Å². The average Bonchev–Trinajstić information content (AvgIpc) is 2.91. The number of aromatic nitrogens is 1. The summed E-state index contributed by atoms with van der Waals surface area (Å²) in [4.78, 5) is 19.2. The number of carbonyl (C=O) groups is 1. The Balaban J connectivity index is 1.79. The van der Waals surface area contributed by atoms with Crippen LogP contribution in [0.25, 0.3) is 0 Å². The lowest BCUT2D eigenvalue weighted by Gasteiger charge is -2.26. The largest absolute Gasteiger partial charge is 0.361 e. The molecular weight excluding hydrogens is 390 g/mol. The number of halogens is 1. The van der Waals surface area contributed by atoms with E-state index in [4.69, 9.17) is 0 Å². The number of pyridine rings is 1. The minimum Gasteiger partial charge on any atom is -0.361 e. The number of nitrogens with zero attached hydrogens (tertiary/aromatic N) is 2. The van der Waals surface area contributed by atoms with Crippen LogP contribution in [0.5, 0.6) is 0 Å². The van der Waals surface area contributed by atoms with Crippen LogP contribution in [0.4, 0.5) is 11.5 Å². The van der Waals surface area contributed by atoms with Crippen LogP contribution in [-0.2, 0) is 0 Å². The van der Waals surface area contributed by atoms with Crippen LogP contribution in [0.2, 0.25) is 0 Å². The maximum Gasteiger partial charge on any atom is 0.261 e. The Morgan fingerprint density at radius 3 is 2.65 bits per heavy atom. The van der Waals surface area contributed by atoms with E-state index in [9.17, 15) is 4.79 Å². The van der Waals surface area contributed by atoms with Crippen molar-refractivity contribution in [2.75, 3.05) is 10.2 Å². The van der Waals surface area contributed by atoms with Gasteiger partial charge in [-0.1, -0.05) is 34.1 Å². The third-order valence-corrected chi connectivity index (χ3v) is 5.46. The van der Waals surface area contributed by atoms with Gasteiger partial charge in [-0.25, -0.2) is 4.98 Å². The van der Waals surface area contributed by atoms with E-state index in [1.807, 2.05) is 62.4 Å². The van der Waals surface area contributed by atoms with Crippen molar-refractivity contribution in [2.45, 2.75) is 20.0 Å². The van der Waals surface area contributed by atoms with E-state index in [2.05, 4.69) is 32.3 Å². The first-order chi connectivity index (χ1) is 12.5. The van der Waals surface area contributed by atoms with Crippen LogP contribution in [0.15, 0.2) is 65.3 Å². The van der Waals surface area contributed by atoms with Crippen LogP contribution in [0, 0.1) is 13.8 Å². The molecule has 0 spiro atoms. The number of hydrogen-bond acceptors (Lipinski definition) is 3. The summed E-state index contributed by atoms with van der Waals surface area (Å²) in [5.41, 5.74) is 4.83. The third kappa shape index (κ3) is 2.88. The molecular formula is C21H18BrN3O. The summed E-state index contributed by atoms with van der Waals surface area (Å²) < 4.78 is 1.06. The highest BCUT2D eigenvalue weighted by Crippen LogP contribution is 2.37. The third-order valence-electron chi connectivity index (χ3n) is 4.57. The minimum absolute atomic E-state index is 0.0370. The normalized spacial score (nSPS) is 15.9. The first kappa shape index (κ1) is 16.8. The molecule has 1 aliphatic rings. The first-order valence-electron chi connectivity index (χ1n) is 8.42. The second-order valence-corrected chi connectivity index (χ2v) is 7.32. The minimum atomic E-state index is -0.298. The number of anilines is 2. The summed E-state index contributed by atoms with van der Waals surface area (Å²) in [6.07, 6.45) is 1.44. The van der Waals surface area contributed by atoms with Crippen molar-refractivity contribution in [1.29, 1.82) is 0 Å². The zero-order valence-electron chi connectivity index (χ0n) is 14.5. The van der Waals surface area contributed by atoms with Crippen LogP contribution in [0.3, 0.4) is 0 Å². The topological polar surface area (TPSA) is 45.2 Å². The van der Waals surface area contributed by atoms with Gasteiger partial charge in [0, 0.05) is 27.5 Å². The van der Waals surface area contributed by atoms with Crippen LogP contribution < -0.4 is 10.2 Å². The van der Waals surface area contributed by atoms with Gasteiger partial charge in [0.05, 0.1) is 0 Å². The fourth-order valence-electron chi connectivity index (χ4n) is 3.24. The highest BCUT2D eigenvalue weighted by Gasteiger charge is 2.38. The predicted molar refractivity (Wildman–Crippen MR) is 107 cm³/mol. The monoisotopic (exact) mass is 407 g/mol. The van der Waals surface area contributed by atoms with Gasteiger partial charge in [0.25, 0.3) is 5.91 Å². The number of carbonyl (C=O) groups excluding carboxylic acids is 1. The molecule has 0 radical (unpaired) electrons. The highest BCUT2D eigenvalue weighted by atomic mass is 79.9. The van der Waals surface area contributed by atoms with Gasteiger partial charge in [-0.3, -0.25) is 9.69 Å². The molecule has 1 atom stereocenters. The molecule has 1 aromatic heterocycles. The number of fused-ring (bicyclic) bond motifs is 1. The molecule has 0 saturated heterocycles. The zero-order chi connectivity index (χ0) is 18.3. The second-order valence-electron chi connectivity index (χ2n) is 6.46. The van der Waals surface area contributed by atoms with E-state index < -0.39 is 0 Å². The van der Waals surface area contributed by atoms with Gasteiger partial charge in [0.15, 0.2) is 0 Å².